The topological polar surface area (TPSA) is 50.8 Å². The van der Waals surface area contributed by atoms with Crippen LogP contribution in [0.1, 0.15) is 62.3 Å². The predicted octanol–water partition coefficient (Wildman–Crippen LogP) is 5.63. The van der Waals surface area contributed by atoms with Crippen molar-refractivity contribution in [3.63, 3.8) is 0 Å². The number of allylic oxidation sites excluding steroid dienone is 1. The number of nitrogens with zero attached hydrogens (tertiary/aromatic N) is 1. The van der Waals surface area contributed by atoms with E-state index in [1.54, 1.807) is 0 Å². The summed E-state index contributed by atoms with van der Waals surface area (Å²) < 4.78 is 11.0. The number of ether oxygens (including phenoxy) is 2. The summed E-state index contributed by atoms with van der Waals surface area (Å²) >= 11 is 0. The summed E-state index contributed by atoms with van der Waals surface area (Å²) in [5.41, 5.74) is 5.76. The highest BCUT2D eigenvalue weighted by Crippen LogP contribution is 2.35. The third kappa shape index (κ3) is 5.64. The van der Waals surface area contributed by atoms with E-state index in [4.69, 9.17) is 9.47 Å². The number of benzene rings is 2. The monoisotopic (exact) mass is 462 g/mol. The lowest BCUT2D eigenvalue weighted by Gasteiger charge is -2.45. The Balaban J connectivity index is 1.49. The van der Waals surface area contributed by atoms with E-state index >= 15 is 0 Å². The zero-order valence-electron chi connectivity index (χ0n) is 21.2. The van der Waals surface area contributed by atoms with E-state index in [9.17, 15) is 4.79 Å². The summed E-state index contributed by atoms with van der Waals surface area (Å²) in [5, 5.41) is 3.82. The van der Waals surface area contributed by atoms with Gasteiger partial charge in [-0.25, -0.2) is 0 Å². The third-order valence-corrected chi connectivity index (χ3v) is 6.97. The molecule has 4 rings (SSSR count). The van der Waals surface area contributed by atoms with Crippen LogP contribution in [0.3, 0.4) is 0 Å². The van der Waals surface area contributed by atoms with Gasteiger partial charge in [-0.05, 0) is 61.4 Å². The zero-order valence-corrected chi connectivity index (χ0v) is 21.2. The number of rotatable bonds is 8. The van der Waals surface area contributed by atoms with Crippen molar-refractivity contribution < 1.29 is 14.3 Å². The molecule has 0 saturated carbocycles. The van der Waals surface area contributed by atoms with Crippen LogP contribution in [0.5, 0.6) is 11.5 Å². The number of carbonyl (C=O) groups excluding carboxylic acids is 1. The molecule has 1 atom stereocenters. The first-order chi connectivity index (χ1) is 16.2. The van der Waals surface area contributed by atoms with Crippen LogP contribution in [-0.2, 0) is 11.3 Å². The number of piperidine rings is 1. The Hall–Kier alpha value is -2.79. The highest BCUT2D eigenvalue weighted by Gasteiger charge is 2.36. The molecule has 5 nitrogen and oxygen atoms in total. The van der Waals surface area contributed by atoms with Crippen molar-refractivity contribution in [2.45, 2.75) is 66.5 Å². The summed E-state index contributed by atoms with van der Waals surface area (Å²) in [4.78, 5) is 15.1. The van der Waals surface area contributed by atoms with Gasteiger partial charge in [0.2, 0.25) is 6.79 Å². The molecular formula is C29H38N2O3. The molecule has 2 aliphatic rings. The molecule has 182 valence electrons. The van der Waals surface area contributed by atoms with Crippen LogP contribution >= 0.6 is 0 Å². The SMILES string of the molecule is CCCC(=O)/C=C(/NC1CCN(Cc2ccc3c(c2)OCO3)CC1(C)C)c1cc(C)ccc1C. The maximum absolute atomic E-state index is 12.6. The highest BCUT2D eigenvalue weighted by atomic mass is 16.7. The summed E-state index contributed by atoms with van der Waals surface area (Å²) in [6.45, 7) is 14.1. The number of hydrogen-bond acceptors (Lipinski definition) is 5. The van der Waals surface area contributed by atoms with Crippen LogP contribution < -0.4 is 14.8 Å². The normalized spacial score (nSPS) is 19.8. The van der Waals surface area contributed by atoms with Gasteiger partial charge in [0.05, 0.1) is 0 Å². The van der Waals surface area contributed by atoms with Crippen molar-refractivity contribution in [3.05, 3.63) is 64.7 Å². The molecule has 2 heterocycles. The molecule has 2 aromatic rings. The fourth-order valence-corrected chi connectivity index (χ4v) is 5.06. The zero-order chi connectivity index (χ0) is 24.3. The average Bonchev–Trinajstić information content (AvgIpc) is 3.24. The molecule has 5 heteroatoms. The first-order valence-electron chi connectivity index (χ1n) is 12.4. The molecule has 2 aromatic carbocycles. The fraction of sp³-hybridized carbons (Fsp3) is 0.483. The molecular weight excluding hydrogens is 424 g/mol. The van der Waals surface area contributed by atoms with E-state index in [0.29, 0.717) is 13.2 Å². The van der Waals surface area contributed by atoms with Gasteiger partial charge in [0.15, 0.2) is 17.3 Å². The molecule has 1 N–H and O–H groups in total. The number of nitrogens with one attached hydrogen (secondary N) is 1. The van der Waals surface area contributed by atoms with Crippen LogP contribution in [0.4, 0.5) is 0 Å². The van der Waals surface area contributed by atoms with Crippen molar-refractivity contribution in [2.24, 2.45) is 5.41 Å². The predicted molar refractivity (Wildman–Crippen MR) is 137 cm³/mol. The molecule has 2 aliphatic heterocycles. The van der Waals surface area contributed by atoms with Gasteiger partial charge in [-0.2, -0.15) is 0 Å². The lowest BCUT2D eigenvalue weighted by atomic mass is 9.78. The van der Waals surface area contributed by atoms with Crippen LogP contribution in [0.15, 0.2) is 42.5 Å². The molecule has 0 spiro atoms. The van der Waals surface area contributed by atoms with Gasteiger partial charge in [-0.3, -0.25) is 9.69 Å². The summed E-state index contributed by atoms with van der Waals surface area (Å²) in [7, 11) is 0. The van der Waals surface area contributed by atoms with E-state index in [1.807, 2.05) is 12.1 Å². The van der Waals surface area contributed by atoms with Gasteiger partial charge < -0.3 is 14.8 Å². The third-order valence-electron chi connectivity index (χ3n) is 6.97. The minimum absolute atomic E-state index is 0.0409. The van der Waals surface area contributed by atoms with Crippen molar-refractivity contribution in [3.8, 4) is 11.5 Å². The maximum atomic E-state index is 12.6. The second-order valence-electron chi connectivity index (χ2n) is 10.5. The second-order valence-corrected chi connectivity index (χ2v) is 10.5. The maximum Gasteiger partial charge on any atom is 0.231 e. The first-order valence-corrected chi connectivity index (χ1v) is 12.4. The van der Waals surface area contributed by atoms with E-state index in [2.05, 4.69) is 75.2 Å². The standard InChI is InChI=1S/C29H38N2O3/c1-6-7-23(32)16-25(24-14-20(2)8-9-21(24)3)30-28-12-13-31(18-29(28,4)5)17-22-10-11-26-27(15-22)34-19-33-26/h8-11,14-16,28,30H,6-7,12-13,17-19H2,1-5H3/b25-16+. The Morgan fingerprint density at radius 2 is 1.94 bits per heavy atom. The highest BCUT2D eigenvalue weighted by molar-refractivity contribution is 5.96. The number of fused-ring (bicyclic) bond motifs is 1. The van der Waals surface area contributed by atoms with Gasteiger partial charge in [0, 0.05) is 49.4 Å². The van der Waals surface area contributed by atoms with E-state index in [-0.39, 0.29) is 17.2 Å². The minimum atomic E-state index is 0.0409. The van der Waals surface area contributed by atoms with E-state index in [1.165, 1.54) is 16.7 Å². The van der Waals surface area contributed by atoms with Gasteiger partial charge in [0.25, 0.3) is 0 Å². The molecule has 0 amide bonds. The van der Waals surface area contributed by atoms with Crippen LogP contribution in [-0.4, -0.2) is 36.6 Å². The van der Waals surface area contributed by atoms with E-state index < -0.39 is 0 Å². The Morgan fingerprint density at radius 3 is 2.71 bits per heavy atom. The number of aryl methyl sites for hydroxylation is 2. The van der Waals surface area contributed by atoms with Gasteiger partial charge >= 0.3 is 0 Å². The summed E-state index contributed by atoms with van der Waals surface area (Å²) in [6.07, 6.45) is 4.29. The Bertz CT molecular complexity index is 1070. The second kappa shape index (κ2) is 10.2. The van der Waals surface area contributed by atoms with Crippen molar-refractivity contribution in [1.82, 2.24) is 10.2 Å². The molecule has 1 saturated heterocycles. The lowest BCUT2D eigenvalue weighted by molar-refractivity contribution is -0.114. The van der Waals surface area contributed by atoms with Gasteiger partial charge in [0.1, 0.15) is 0 Å². The van der Waals surface area contributed by atoms with Crippen LogP contribution in [0.2, 0.25) is 0 Å². The summed E-state index contributed by atoms with van der Waals surface area (Å²) in [6, 6.07) is 13.0. The van der Waals surface area contributed by atoms with Crippen LogP contribution in [0, 0.1) is 19.3 Å². The molecule has 0 radical (unpaired) electrons. The molecule has 0 aliphatic carbocycles. The number of hydrogen-bond donors (Lipinski definition) is 1. The van der Waals surface area contributed by atoms with Crippen molar-refractivity contribution in [2.75, 3.05) is 19.9 Å². The lowest BCUT2D eigenvalue weighted by Crippen LogP contribution is -2.53. The quantitative estimate of drug-likeness (QED) is 0.515. The van der Waals surface area contributed by atoms with Crippen molar-refractivity contribution >= 4 is 11.5 Å². The fourth-order valence-electron chi connectivity index (χ4n) is 5.06. The van der Waals surface area contributed by atoms with Crippen molar-refractivity contribution in [1.29, 1.82) is 0 Å². The van der Waals surface area contributed by atoms with E-state index in [0.717, 1.165) is 55.2 Å². The largest absolute Gasteiger partial charge is 0.454 e. The molecule has 34 heavy (non-hydrogen) atoms. The molecule has 0 aromatic heterocycles. The van der Waals surface area contributed by atoms with Crippen LogP contribution in [0.25, 0.3) is 5.70 Å². The average molecular weight is 463 g/mol. The number of ketones is 1. The van der Waals surface area contributed by atoms with Gasteiger partial charge in [-0.15, -0.1) is 0 Å². The van der Waals surface area contributed by atoms with Gasteiger partial charge in [-0.1, -0.05) is 44.5 Å². The Kier molecular flexibility index (Phi) is 7.32. The minimum Gasteiger partial charge on any atom is -0.454 e. The number of carbonyl (C=O) groups is 1. The molecule has 0 bridgehead atoms. The molecule has 1 fully saturated rings. The molecule has 1 unspecified atom stereocenters. The first kappa shape index (κ1) is 24.3. The number of likely N-dealkylation sites (tertiary alicyclic amines) is 1. The Morgan fingerprint density at radius 1 is 1.15 bits per heavy atom. The smallest absolute Gasteiger partial charge is 0.231 e. The summed E-state index contributed by atoms with van der Waals surface area (Å²) in [5.74, 6) is 1.85. The Labute approximate surface area is 204 Å².